The van der Waals surface area contributed by atoms with Gasteiger partial charge >= 0.3 is 13.5 Å². The summed E-state index contributed by atoms with van der Waals surface area (Å²) in [6, 6.07) is 0. The normalized spacial score (nSPS) is 35.6. The van der Waals surface area contributed by atoms with Gasteiger partial charge in [0.2, 0.25) is 0 Å². The lowest BCUT2D eigenvalue weighted by Gasteiger charge is -2.19. The molecule has 1 aromatic rings. The number of rotatable bonds is 0. The molecule has 0 radical (unpaired) electrons. The van der Waals surface area contributed by atoms with Crippen LogP contribution in [0.25, 0.3) is 0 Å². The van der Waals surface area contributed by atoms with Gasteiger partial charge < -0.3 is 14.7 Å². The number of hydrogen-bond donors (Lipinski definition) is 3. The van der Waals surface area contributed by atoms with Crippen molar-refractivity contribution < 1.29 is 28.3 Å². The van der Waals surface area contributed by atoms with Gasteiger partial charge in [-0.05, 0) is 0 Å². The maximum absolute atomic E-state index is 11.9. The van der Waals surface area contributed by atoms with Crippen molar-refractivity contribution in [2.24, 2.45) is 0 Å². The molecule has 22 heavy (non-hydrogen) atoms. The standard InChI is InChI=1S/C11H15N2O8P/c14-7-3-9-13-4-6(10(15)12-11(13)16)1-2-19-22(17,18)20-5-8(7)21-9/h4,7-9,14H,1-3,5H2,(H,17,18)(H,12,15,16)/t7-,8+,9+/m0/s1. The van der Waals surface area contributed by atoms with Crippen molar-refractivity contribution in [3.63, 3.8) is 0 Å². The summed E-state index contributed by atoms with van der Waals surface area (Å²) >= 11 is 0. The smallest absolute Gasteiger partial charge is 0.390 e. The van der Waals surface area contributed by atoms with Crippen molar-refractivity contribution >= 4 is 7.82 Å². The fourth-order valence-electron chi connectivity index (χ4n) is 2.43. The van der Waals surface area contributed by atoms with Crippen LogP contribution in [0.4, 0.5) is 0 Å². The van der Waals surface area contributed by atoms with Gasteiger partial charge in [-0.2, -0.15) is 0 Å². The molecule has 1 fully saturated rings. The maximum Gasteiger partial charge on any atom is 0.472 e. The average Bonchev–Trinajstić information content (AvgIpc) is 2.79. The molecule has 0 aliphatic carbocycles. The van der Waals surface area contributed by atoms with E-state index in [2.05, 4.69) is 4.98 Å². The van der Waals surface area contributed by atoms with Crippen molar-refractivity contribution in [1.82, 2.24) is 9.55 Å². The molecule has 122 valence electrons. The molecular formula is C11H15N2O8P. The third kappa shape index (κ3) is 3.07. The van der Waals surface area contributed by atoms with Crippen LogP contribution in [-0.2, 0) is 24.8 Å². The van der Waals surface area contributed by atoms with Crippen LogP contribution >= 0.6 is 7.82 Å². The molecular weight excluding hydrogens is 319 g/mol. The lowest BCUT2D eigenvalue weighted by atomic mass is 10.2. The number of phosphoric acid groups is 1. The number of aliphatic hydroxyl groups is 1. The zero-order valence-corrected chi connectivity index (χ0v) is 12.3. The zero-order chi connectivity index (χ0) is 15.9. The Morgan fingerprint density at radius 2 is 2.14 bits per heavy atom. The van der Waals surface area contributed by atoms with E-state index in [9.17, 15) is 24.2 Å². The molecule has 0 amide bonds. The number of hydrogen-bond acceptors (Lipinski definition) is 7. The van der Waals surface area contributed by atoms with E-state index in [1.165, 1.54) is 10.8 Å². The Morgan fingerprint density at radius 1 is 1.36 bits per heavy atom. The average molecular weight is 334 g/mol. The van der Waals surface area contributed by atoms with Gasteiger partial charge in [-0.25, -0.2) is 9.36 Å². The third-order valence-electron chi connectivity index (χ3n) is 3.58. The van der Waals surface area contributed by atoms with Crippen LogP contribution in [0.2, 0.25) is 0 Å². The van der Waals surface area contributed by atoms with E-state index in [1.807, 2.05) is 0 Å². The predicted octanol–water partition coefficient (Wildman–Crippen LogP) is -1.13. The Morgan fingerprint density at radius 3 is 2.91 bits per heavy atom. The summed E-state index contributed by atoms with van der Waals surface area (Å²) in [5, 5.41) is 9.92. The highest BCUT2D eigenvalue weighted by molar-refractivity contribution is 7.47. The van der Waals surface area contributed by atoms with Gasteiger partial charge in [0.15, 0.2) is 0 Å². The Hall–Kier alpha value is -1.29. The number of aliphatic hydroxyl groups excluding tert-OH is 1. The van der Waals surface area contributed by atoms with E-state index < -0.39 is 37.5 Å². The highest BCUT2D eigenvalue weighted by Gasteiger charge is 2.38. The first kappa shape index (κ1) is 15.6. The summed E-state index contributed by atoms with van der Waals surface area (Å²) < 4.78 is 27.8. The SMILES string of the molecule is O=c1[nH]c(=O)n2cc1CCOP(=O)(O)OC[C@H]1O[C@@H]2C[C@@H]1O. The topological polar surface area (TPSA) is 140 Å². The van der Waals surface area contributed by atoms with Gasteiger partial charge in [-0.1, -0.05) is 0 Å². The van der Waals surface area contributed by atoms with E-state index in [0.717, 1.165) is 0 Å². The molecule has 1 aromatic heterocycles. The molecule has 11 heteroatoms. The van der Waals surface area contributed by atoms with Crippen molar-refractivity contribution in [1.29, 1.82) is 0 Å². The summed E-state index contributed by atoms with van der Waals surface area (Å²) in [7, 11) is -4.29. The highest BCUT2D eigenvalue weighted by atomic mass is 31.2. The molecule has 4 atom stereocenters. The van der Waals surface area contributed by atoms with Gasteiger partial charge in [-0.15, -0.1) is 0 Å². The second-order valence-corrected chi connectivity index (χ2v) is 6.55. The number of ether oxygens (including phenoxy) is 1. The third-order valence-corrected chi connectivity index (χ3v) is 4.57. The minimum atomic E-state index is -4.29. The quantitative estimate of drug-likeness (QED) is 0.507. The molecule has 0 aromatic carbocycles. The Labute approximate surface area is 123 Å². The summed E-state index contributed by atoms with van der Waals surface area (Å²) in [5.41, 5.74) is -1.06. The number of fused-ring (bicyclic) bond motifs is 5. The van der Waals surface area contributed by atoms with Crippen LogP contribution in [0.5, 0.6) is 0 Å². The highest BCUT2D eigenvalue weighted by Crippen LogP contribution is 2.44. The van der Waals surface area contributed by atoms with Crippen LogP contribution in [0.3, 0.4) is 0 Å². The number of aromatic amines is 1. The summed E-state index contributed by atoms with van der Waals surface area (Å²) in [6.07, 6.45) is -1.22. The van der Waals surface area contributed by atoms with Crippen LogP contribution in [0.15, 0.2) is 15.8 Å². The molecule has 1 saturated heterocycles. The van der Waals surface area contributed by atoms with E-state index in [0.29, 0.717) is 0 Å². The van der Waals surface area contributed by atoms with Crippen molar-refractivity contribution in [3.05, 3.63) is 32.6 Å². The molecule has 2 aliphatic rings. The van der Waals surface area contributed by atoms with E-state index in [-0.39, 0.29) is 31.6 Å². The van der Waals surface area contributed by atoms with E-state index >= 15 is 0 Å². The predicted molar refractivity (Wildman–Crippen MR) is 71.3 cm³/mol. The van der Waals surface area contributed by atoms with Gasteiger partial charge in [0.25, 0.3) is 5.56 Å². The molecule has 10 nitrogen and oxygen atoms in total. The van der Waals surface area contributed by atoms with Crippen molar-refractivity contribution in [2.45, 2.75) is 31.3 Å². The van der Waals surface area contributed by atoms with E-state index in [4.69, 9.17) is 13.8 Å². The largest absolute Gasteiger partial charge is 0.472 e. The van der Waals surface area contributed by atoms with Gasteiger partial charge in [-0.3, -0.25) is 23.4 Å². The van der Waals surface area contributed by atoms with Crippen LogP contribution in [-0.4, -0.2) is 45.0 Å². The number of phosphoric ester groups is 1. The maximum atomic E-state index is 11.9. The molecule has 3 heterocycles. The number of nitrogens with one attached hydrogen (secondary N) is 1. The second kappa shape index (κ2) is 5.73. The Kier molecular flexibility index (Phi) is 4.06. The molecule has 1 unspecified atom stereocenters. The fraction of sp³-hybridized carbons (Fsp3) is 0.636. The van der Waals surface area contributed by atoms with Crippen LogP contribution in [0.1, 0.15) is 18.2 Å². The van der Waals surface area contributed by atoms with Gasteiger partial charge in [0.1, 0.15) is 12.3 Å². The monoisotopic (exact) mass is 334 g/mol. The van der Waals surface area contributed by atoms with Crippen LogP contribution in [0, 0.1) is 0 Å². The van der Waals surface area contributed by atoms with Crippen LogP contribution < -0.4 is 11.2 Å². The molecule has 4 bridgehead atoms. The molecule has 0 spiro atoms. The minimum absolute atomic E-state index is 0.0161. The lowest BCUT2D eigenvalue weighted by Crippen LogP contribution is -2.34. The number of nitrogens with zero attached hydrogens (tertiary/aromatic N) is 1. The summed E-state index contributed by atoms with van der Waals surface area (Å²) in [5.74, 6) is 0. The molecule has 0 saturated carbocycles. The molecule has 2 aliphatic heterocycles. The lowest BCUT2D eigenvalue weighted by molar-refractivity contribution is -0.0470. The second-order valence-electron chi connectivity index (χ2n) is 5.10. The molecule has 3 N–H and O–H groups in total. The summed E-state index contributed by atoms with van der Waals surface area (Å²) in [4.78, 5) is 35.2. The van der Waals surface area contributed by atoms with Gasteiger partial charge in [0.05, 0.1) is 19.3 Å². The fourth-order valence-corrected chi connectivity index (χ4v) is 3.16. The first-order chi connectivity index (χ1) is 10.4. The van der Waals surface area contributed by atoms with Gasteiger partial charge in [0, 0.05) is 24.6 Å². The zero-order valence-electron chi connectivity index (χ0n) is 11.4. The summed E-state index contributed by atoms with van der Waals surface area (Å²) in [6.45, 7) is -0.579. The Bertz CT molecular complexity index is 728. The first-order valence-electron chi connectivity index (χ1n) is 6.65. The van der Waals surface area contributed by atoms with Crippen molar-refractivity contribution in [3.8, 4) is 0 Å². The minimum Gasteiger partial charge on any atom is -0.390 e. The first-order valence-corrected chi connectivity index (χ1v) is 8.15. The Balaban J connectivity index is 2.01. The van der Waals surface area contributed by atoms with Crippen molar-refractivity contribution in [2.75, 3.05) is 13.2 Å². The number of aromatic nitrogens is 2. The van der Waals surface area contributed by atoms with E-state index in [1.54, 1.807) is 0 Å². The molecule has 3 rings (SSSR count). The number of H-pyrrole nitrogens is 1.